The van der Waals surface area contributed by atoms with Crippen LogP contribution in [0.25, 0.3) is 11.0 Å². The lowest BCUT2D eigenvalue weighted by molar-refractivity contribution is 0.0939. The van der Waals surface area contributed by atoms with E-state index >= 15 is 0 Å². The molecule has 1 N–H and O–H groups in total. The Morgan fingerprint density at radius 3 is 2.48 bits per heavy atom. The maximum absolute atomic E-state index is 12.4. The number of carbonyl (C=O) groups excluding carboxylic acids is 1. The fourth-order valence-corrected chi connectivity index (χ4v) is 2.36. The summed E-state index contributed by atoms with van der Waals surface area (Å²) in [4.78, 5) is 25.7. The number of hydrogen-bond acceptors (Lipinski definition) is 4. The molecule has 0 aliphatic rings. The molecule has 3 aromatic rings. The second-order valence-corrected chi connectivity index (χ2v) is 5.55. The van der Waals surface area contributed by atoms with Crippen LogP contribution in [0.2, 0.25) is 0 Å². The summed E-state index contributed by atoms with van der Waals surface area (Å²) in [5, 5.41) is 2.95. The van der Waals surface area contributed by atoms with Gasteiger partial charge < -0.3 is 5.32 Å². The third-order valence-electron chi connectivity index (χ3n) is 3.82. The summed E-state index contributed by atoms with van der Waals surface area (Å²) in [5.41, 5.74) is 4.69. The van der Waals surface area contributed by atoms with Crippen molar-refractivity contribution in [3.05, 3.63) is 65.2 Å². The summed E-state index contributed by atoms with van der Waals surface area (Å²) >= 11 is 0. The van der Waals surface area contributed by atoms with Gasteiger partial charge >= 0.3 is 0 Å². The van der Waals surface area contributed by atoms with Crippen LogP contribution in [-0.2, 0) is 0 Å². The lowest BCUT2D eigenvalue weighted by Crippen LogP contribution is -2.27. The quantitative estimate of drug-likeness (QED) is 0.807. The van der Waals surface area contributed by atoms with E-state index in [1.165, 1.54) is 0 Å². The zero-order valence-electron chi connectivity index (χ0n) is 13.4. The minimum absolute atomic E-state index is 0.148. The van der Waals surface area contributed by atoms with Gasteiger partial charge in [-0.15, -0.1) is 0 Å². The number of fused-ring (bicyclic) bond motifs is 1. The average Bonchev–Trinajstić information content (AvgIpc) is 2.56. The second-order valence-electron chi connectivity index (χ2n) is 5.55. The van der Waals surface area contributed by atoms with Crippen LogP contribution >= 0.6 is 0 Å². The van der Waals surface area contributed by atoms with Crippen LogP contribution in [0.1, 0.15) is 40.4 Å². The molecule has 0 fully saturated rings. The molecule has 5 nitrogen and oxygen atoms in total. The third-order valence-corrected chi connectivity index (χ3v) is 3.82. The number of carbonyl (C=O) groups is 1. The molecule has 0 saturated heterocycles. The van der Waals surface area contributed by atoms with Crippen LogP contribution < -0.4 is 5.32 Å². The summed E-state index contributed by atoms with van der Waals surface area (Å²) in [6.07, 6.45) is 1.72. The zero-order chi connectivity index (χ0) is 16.4. The molecule has 1 atom stereocenters. The number of amides is 1. The topological polar surface area (TPSA) is 67.8 Å². The first kappa shape index (κ1) is 15.1. The molecule has 0 radical (unpaired) electrons. The summed E-state index contributed by atoms with van der Waals surface area (Å²) in [7, 11) is 0. The fraction of sp³-hybridized carbons (Fsp3) is 0.222. The van der Waals surface area contributed by atoms with Gasteiger partial charge in [0.1, 0.15) is 0 Å². The third kappa shape index (κ3) is 3.18. The van der Waals surface area contributed by atoms with Crippen molar-refractivity contribution in [1.82, 2.24) is 20.3 Å². The molecule has 0 unspecified atom stereocenters. The van der Waals surface area contributed by atoms with Gasteiger partial charge in [0, 0.05) is 11.8 Å². The van der Waals surface area contributed by atoms with Gasteiger partial charge in [0.2, 0.25) is 0 Å². The number of benzene rings is 1. The van der Waals surface area contributed by atoms with E-state index in [2.05, 4.69) is 20.3 Å². The van der Waals surface area contributed by atoms with Gasteiger partial charge in [-0.05, 0) is 51.1 Å². The molecular formula is C18H18N4O. The van der Waals surface area contributed by atoms with Crippen LogP contribution in [0, 0.1) is 13.8 Å². The van der Waals surface area contributed by atoms with Crippen molar-refractivity contribution in [1.29, 1.82) is 0 Å². The normalized spacial score (nSPS) is 12.1. The van der Waals surface area contributed by atoms with Crippen LogP contribution in [0.15, 0.2) is 42.6 Å². The monoisotopic (exact) mass is 306 g/mol. The highest BCUT2D eigenvalue weighted by atomic mass is 16.1. The molecular weight excluding hydrogens is 288 g/mol. The Kier molecular flexibility index (Phi) is 4.02. The fourth-order valence-electron chi connectivity index (χ4n) is 2.36. The van der Waals surface area contributed by atoms with Gasteiger partial charge in [0.05, 0.1) is 34.2 Å². The van der Waals surface area contributed by atoms with E-state index in [1.54, 1.807) is 18.3 Å². The van der Waals surface area contributed by atoms with Gasteiger partial charge in [0.15, 0.2) is 0 Å². The molecule has 1 amide bonds. The van der Waals surface area contributed by atoms with Crippen LogP contribution in [0.3, 0.4) is 0 Å². The molecule has 2 heterocycles. The molecule has 2 aromatic heterocycles. The molecule has 0 aliphatic carbocycles. The van der Waals surface area contributed by atoms with Gasteiger partial charge in [-0.25, -0.2) is 9.97 Å². The minimum atomic E-state index is -0.162. The number of pyridine rings is 1. The van der Waals surface area contributed by atoms with Crippen LogP contribution in [0.4, 0.5) is 0 Å². The smallest absolute Gasteiger partial charge is 0.251 e. The van der Waals surface area contributed by atoms with Crippen LogP contribution in [0.5, 0.6) is 0 Å². The van der Waals surface area contributed by atoms with Crippen molar-refractivity contribution in [2.45, 2.75) is 26.8 Å². The highest BCUT2D eigenvalue weighted by Gasteiger charge is 2.13. The van der Waals surface area contributed by atoms with Crippen LogP contribution in [-0.4, -0.2) is 20.9 Å². The molecule has 3 rings (SSSR count). The van der Waals surface area contributed by atoms with Gasteiger partial charge in [-0.3, -0.25) is 9.78 Å². The Hall–Kier alpha value is -2.82. The summed E-state index contributed by atoms with van der Waals surface area (Å²) < 4.78 is 0. The average molecular weight is 306 g/mol. The SMILES string of the molecule is Cc1nc2ccc(C(=O)N[C@H](C)c3ccccn3)cc2nc1C. The summed E-state index contributed by atoms with van der Waals surface area (Å²) in [6, 6.07) is 10.9. The van der Waals surface area contributed by atoms with Crippen molar-refractivity contribution in [2.75, 3.05) is 0 Å². The first-order valence-electron chi connectivity index (χ1n) is 7.51. The predicted octanol–water partition coefficient (Wildman–Crippen LogP) is 3.13. The van der Waals surface area contributed by atoms with Crippen molar-refractivity contribution in [3.63, 3.8) is 0 Å². The van der Waals surface area contributed by atoms with Gasteiger partial charge in [-0.2, -0.15) is 0 Å². The predicted molar refractivity (Wildman–Crippen MR) is 89.1 cm³/mol. The van der Waals surface area contributed by atoms with Gasteiger partial charge in [-0.1, -0.05) is 6.07 Å². The van der Waals surface area contributed by atoms with E-state index < -0.39 is 0 Å². The Morgan fingerprint density at radius 1 is 1.04 bits per heavy atom. The standard InChI is InChI=1S/C18H18N4O/c1-11-12(2)21-17-10-14(7-8-16(17)20-11)18(23)22-13(3)15-6-4-5-9-19-15/h4-10,13H,1-3H3,(H,22,23)/t13-/m1/s1. The maximum Gasteiger partial charge on any atom is 0.251 e. The number of aromatic nitrogens is 3. The van der Waals surface area contributed by atoms with E-state index in [-0.39, 0.29) is 11.9 Å². The van der Waals surface area contributed by atoms with E-state index in [4.69, 9.17) is 0 Å². The first-order valence-corrected chi connectivity index (χ1v) is 7.51. The Morgan fingerprint density at radius 2 is 1.78 bits per heavy atom. The Balaban J connectivity index is 1.85. The molecule has 5 heteroatoms. The molecule has 1 aromatic carbocycles. The van der Waals surface area contributed by atoms with Crippen molar-refractivity contribution < 1.29 is 4.79 Å². The van der Waals surface area contributed by atoms with Crippen molar-refractivity contribution >= 4 is 16.9 Å². The number of hydrogen-bond donors (Lipinski definition) is 1. The summed E-state index contributed by atoms with van der Waals surface area (Å²) in [6.45, 7) is 5.75. The molecule has 0 saturated carbocycles. The molecule has 0 bridgehead atoms. The highest BCUT2D eigenvalue weighted by molar-refractivity contribution is 5.97. The second kappa shape index (κ2) is 6.12. The van der Waals surface area contributed by atoms with E-state index in [9.17, 15) is 4.79 Å². The number of aryl methyl sites for hydroxylation is 2. The summed E-state index contributed by atoms with van der Waals surface area (Å²) in [5.74, 6) is -0.148. The first-order chi connectivity index (χ1) is 11.0. The zero-order valence-corrected chi connectivity index (χ0v) is 13.4. The lowest BCUT2D eigenvalue weighted by atomic mass is 10.1. The number of rotatable bonds is 3. The minimum Gasteiger partial charge on any atom is -0.344 e. The highest BCUT2D eigenvalue weighted by Crippen LogP contribution is 2.16. The van der Waals surface area contributed by atoms with E-state index in [0.717, 1.165) is 28.1 Å². The van der Waals surface area contributed by atoms with Crippen molar-refractivity contribution in [2.24, 2.45) is 0 Å². The van der Waals surface area contributed by atoms with E-state index in [1.807, 2.05) is 45.0 Å². The lowest BCUT2D eigenvalue weighted by Gasteiger charge is -2.13. The largest absolute Gasteiger partial charge is 0.344 e. The number of nitrogens with zero attached hydrogens (tertiary/aromatic N) is 3. The van der Waals surface area contributed by atoms with Gasteiger partial charge in [0.25, 0.3) is 5.91 Å². The molecule has 23 heavy (non-hydrogen) atoms. The molecule has 0 spiro atoms. The molecule has 0 aliphatic heterocycles. The molecule has 116 valence electrons. The Labute approximate surface area is 134 Å². The van der Waals surface area contributed by atoms with E-state index in [0.29, 0.717) is 5.56 Å². The number of nitrogens with one attached hydrogen (secondary N) is 1. The maximum atomic E-state index is 12.4. The Bertz CT molecular complexity index is 862. The van der Waals surface area contributed by atoms with Crippen molar-refractivity contribution in [3.8, 4) is 0 Å².